The van der Waals surface area contributed by atoms with Crippen LogP contribution in [0.5, 0.6) is 5.75 Å². The quantitative estimate of drug-likeness (QED) is 0.535. The third-order valence-electron chi connectivity index (χ3n) is 6.46. The number of aryl methyl sites for hydroxylation is 1. The number of likely N-dealkylation sites (tertiary alicyclic amines) is 1. The zero-order chi connectivity index (χ0) is 25.6. The molecule has 2 fully saturated rings. The Labute approximate surface area is 210 Å². The fraction of sp³-hybridized carbons (Fsp3) is 0.538. The second kappa shape index (κ2) is 9.22. The Kier molecular flexibility index (Phi) is 6.22. The van der Waals surface area contributed by atoms with Crippen molar-refractivity contribution in [3.63, 3.8) is 0 Å². The molecule has 0 aromatic carbocycles. The summed E-state index contributed by atoms with van der Waals surface area (Å²) in [5.74, 6) is 0.821. The van der Waals surface area contributed by atoms with Gasteiger partial charge in [0.15, 0.2) is 17.3 Å². The van der Waals surface area contributed by atoms with Crippen molar-refractivity contribution in [1.29, 1.82) is 0 Å². The van der Waals surface area contributed by atoms with Crippen molar-refractivity contribution in [2.45, 2.75) is 70.9 Å². The average molecular weight is 497 g/mol. The monoisotopic (exact) mass is 496 g/mol. The van der Waals surface area contributed by atoms with E-state index in [4.69, 9.17) is 14.6 Å². The third kappa shape index (κ3) is 4.94. The molecule has 1 saturated carbocycles. The van der Waals surface area contributed by atoms with Gasteiger partial charge in [-0.05, 0) is 65.5 Å². The summed E-state index contributed by atoms with van der Waals surface area (Å²) >= 11 is 0. The fourth-order valence-electron chi connectivity index (χ4n) is 4.64. The summed E-state index contributed by atoms with van der Waals surface area (Å²) in [5.41, 5.74) is 3.04. The molecule has 1 saturated heterocycles. The molecule has 9 nitrogen and oxygen atoms in total. The highest BCUT2D eigenvalue weighted by Crippen LogP contribution is 2.43. The molecule has 0 radical (unpaired) electrons. The molecule has 192 valence electrons. The highest BCUT2D eigenvalue weighted by atomic mass is 19.1. The van der Waals surface area contributed by atoms with Crippen LogP contribution < -0.4 is 10.1 Å². The zero-order valence-corrected chi connectivity index (χ0v) is 21.5. The number of carbonyl (C=O) groups excluding carboxylic acids is 1. The standard InChI is InChI=1S/C26H33FN6O3/c1-15-23(33-21(28-15)13-20(35-5)22(31-33)16-8-9-16)19-11-10-18(27)24(30-19)29-17-7-6-12-32(14-17)25(34)36-26(2,3)4/h10-11,13,16-17H,6-9,12,14H2,1-5H3,(H,29,30). The molecule has 10 heteroatoms. The minimum Gasteiger partial charge on any atom is -0.495 e. The topological polar surface area (TPSA) is 93.9 Å². The van der Waals surface area contributed by atoms with Crippen molar-refractivity contribution in [3.8, 4) is 17.1 Å². The number of nitrogens with one attached hydrogen (secondary N) is 1. The van der Waals surface area contributed by atoms with Crippen LogP contribution in [0.25, 0.3) is 17.0 Å². The molecule has 1 atom stereocenters. The van der Waals surface area contributed by atoms with E-state index in [1.54, 1.807) is 22.6 Å². The van der Waals surface area contributed by atoms with E-state index >= 15 is 0 Å². The van der Waals surface area contributed by atoms with Crippen LogP contribution in [-0.2, 0) is 4.74 Å². The number of methoxy groups -OCH3 is 1. The van der Waals surface area contributed by atoms with E-state index in [0.29, 0.717) is 30.3 Å². The van der Waals surface area contributed by atoms with E-state index in [-0.39, 0.29) is 18.0 Å². The van der Waals surface area contributed by atoms with Gasteiger partial charge in [-0.1, -0.05) is 0 Å². The molecule has 36 heavy (non-hydrogen) atoms. The molecule has 1 amide bonds. The van der Waals surface area contributed by atoms with Crippen LogP contribution in [0.4, 0.5) is 15.0 Å². The lowest BCUT2D eigenvalue weighted by Gasteiger charge is -2.34. The normalized spacial score (nSPS) is 18.4. The number of ether oxygens (including phenoxy) is 2. The second-order valence-electron chi connectivity index (χ2n) is 10.6. The van der Waals surface area contributed by atoms with E-state index in [9.17, 15) is 9.18 Å². The number of halogens is 1. The van der Waals surface area contributed by atoms with Crippen LogP contribution in [0.1, 0.15) is 63.8 Å². The van der Waals surface area contributed by atoms with Gasteiger partial charge in [0, 0.05) is 31.1 Å². The number of hydrogen-bond acceptors (Lipinski definition) is 7. The number of rotatable bonds is 5. The number of pyridine rings is 1. The molecule has 3 aromatic rings. The Morgan fingerprint density at radius 2 is 1.97 bits per heavy atom. The van der Waals surface area contributed by atoms with Crippen LogP contribution >= 0.6 is 0 Å². The van der Waals surface area contributed by atoms with Crippen LogP contribution in [0.3, 0.4) is 0 Å². The first-order valence-corrected chi connectivity index (χ1v) is 12.5. The van der Waals surface area contributed by atoms with Crippen molar-refractivity contribution in [2.24, 2.45) is 0 Å². The maximum absolute atomic E-state index is 14.9. The molecule has 2 aliphatic rings. The Bertz CT molecular complexity index is 1300. The Balaban J connectivity index is 1.42. The minimum absolute atomic E-state index is 0.143. The van der Waals surface area contributed by atoms with E-state index in [0.717, 1.165) is 48.5 Å². The highest BCUT2D eigenvalue weighted by Gasteiger charge is 2.31. The molecule has 3 aromatic heterocycles. The summed E-state index contributed by atoms with van der Waals surface area (Å²) in [6.07, 6.45) is 3.40. The molecule has 0 bridgehead atoms. The predicted octanol–water partition coefficient (Wildman–Crippen LogP) is 4.94. The first kappa shape index (κ1) is 24.3. The average Bonchev–Trinajstić information content (AvgIpc) is 3.61. The SMILES string of the molecule is COc1cc2nc(C)c(-c3ccc(F)c(NC4CCCN(C(=O)OC(C)(C)C)C4)n3)n2nc1C1CC1. The van der Waals surface area contributed by atoms with Crippen LogP contribution in [0, 0.1) is 12.7 Å². The maximum atomic E-state index is 14.9. The van der Waals surface area contributed by atoms with Gasteiger partial charge < -0.3 is 19.7 Å². The lowest BCUT2D eigenvalue weighted by Crippen LogP contribution is -2.47. The van der Waals surface area contributed by atoms with Crippen molar-refractivity contribution in [1.82, 2.24) is 24.5 Å². The van der Waals surface area contributed by atoms with E-state index in [2.05, 4.69) is 15.3 Å². The van der Waals surface area contributed by atoms with Crippen molar-refractivity contribution in [3.05, 3.63) is 35.4 Å². The molecular formula is C26H33FN6O3. The lowest BCUT2D eigenvalue weighted by molar-refractivity contribution is 0.0206. The van der Waals surface area contributed by atoms with Crippen molar-refractivity contribution in [2.75, 3.05) is 25.5 Å². The van der Waals surface area contributed by atoms with E-state index < -0.39 is 11.4 Å². The van der Waals surface area contributed by atoms with Gasteiger partial charge in [-0.2, -0.15) is 5.10 Å². The number of nitrogens with zero attached hydrogens (tertiary/aromatic N) is 5. The van der Waals surface area contributed by atoms with Gasteiger partial charge in [0.05, 0.1) is 18.5 Å². The fourth-order valence-corrected chi connectivity index (χ4v) is 4.64. The number of amides is 1. The summed E-state index contributed by atoms with van der Waals surface area (Å²) in [6.45, 7) is 8.46. The Morgan fingerprint density at radius 3 is 2.67 bits per heavy atom. The van der Waals surface area contributed by atoms with Gasteiger partial charge in [0.25, 0.3) is 0 Å². The first-order chi connectivity index (χ1) is 17.1. The number of piperidine rings is 1. The molecule has 5 rings (SSSR count). The Hall–Kier alpha value is -3.43. The number of anilines is 1. The summed E-state index contributed by atoms with van der Waals surface area (Å²) < 4.78 is 27.7. The Morgan fingerprint density at radius 1 is 1.19 bits per heavy atom. The molecule has 4 heterocycles. The number of fused-ring (bicyclic) bond motifs is 1. The van der Waals surface area contributed by atoms with Crippen molar-refractivity contribution >= 4 is 17.6 Å². The summed E-state index contributed by atoms with van der Waals surface area (Å²) in [7, 11) is 1.64. The van der Waals surface area contributed by atoms with Gasteiger partial charge in [0.2, 0.25) is 0 Å². The van der Waals surface area contributed by atoms with Gasteiger partial charge in [-0.25, -0.2) is 23.7 Å². The van der Waals surface area contributed by atoms with E-state index in [1.165, 1.54) is 6.07 Å². The largest absolute Gasteiger partial charge is 0.495 e. The first-order valence-electron chi connectivity index (χ1n) is 12.5. The molecular weight excluding hydrogens is 463 g/mol. The molecule has 1 N–H and O–H groups in total. The smallest absolute Gasteiger partial charge is 0.410 e. The van der Waals surface area contributed by atoms with Gasteiger partial charge in [-0.15, -0.1) is 0 Å². The summed E-state index contributed by atoms with van der Waals surface area (Å²) in [4.78, 5) is 23.5. The summed E-state index contributed by atoms with van der Waals surface area (Å²) in [5, 5.41) is 8.07. The number of hydrogen-bond donors (Lipinski definition) is 1. The predicted molar refractivity (Wildman–Crippen MR) is 134 cm³/mol. The molecule has 1 aliphatic carbocycles. The molecule has 0 spiro atoms. The molecule has 1 unspecified atom stereocenters. The van der Waals surface area contributed by atoms with Crippen LogP contribution in [0.15, 0.2) is 18.2 Å². The second-order valence-corrected chi connectivity index (χ2v) is 10.6. The summed E-state index contributed by atoms with van der Waals surface area (Å²) in [6, 6.07) is 4.81. The minimum atomic E-state index is -0.567. The number of imidazole rings is 1. The van der Waals surface area contributed by atoms with Gasteiger partial charge >= 0.3 is 6.09 Å². The van der Waals surface area contributed by atoms with Crippen LogP contribution in [0.2, 0.25) is 0 Å². The highest BCUT2D eigenvalue weighted by molar-refractivity contribution is 5.69. The number of carbonyl (C=O) groups is 1. The zero-order valence-electron chi connectivity index (χ0n) is 21.5. The number of aromatic nitrogens is 4. The maximum Gasteiger partial charge on any atom is 0.410 e. The third-order valence-corrected chi connectivity index (χ3v) is 6.46. The van der Waals surface area contributed by atoms with Crippen LogP contribution in [-0.4, -0.2) is 62.4 Å². The molecule has 1 aliphatic heterocycles. The van der Waals surface area contributed by atoms with Gasteiger partial charge in [0.1, 0.15) is 22.7 Å². The lowest BCUT2D eigenvalue weighted by atomic mass is 10.1. The van der Waals surface area contributed by atoms with Gasteiger partial charge in [-0.3, -0.25) is 0 Å². The van der Waals surface area contributed by atoms with Crippen molar-refractivity contribution < 1.29 is 18.7 Å². The van der Waals surface area contributed by atoms with E-state index in [1.807, 2.05) is 33.8 Å².